The van der Waals surface area contributed by atoms with E-state index in [2.05, 4.69) is 10.5 Å². The maximum atomic E-state index is 14.7. The number of nitrogens with one attached hydrogen (secondary N) is 2. The number of aromatic nitrogens is 1. The van der Waals surface area contributed by atoms with Crippen molar-refractivity contribution in [2.24, 2.45) is 0 Å². The van der Waals surface area contributed by atoms with Gasteiger partial charge in [0.1, 0.15) is 17.3 Å². The summed E-state index contributed by atoms with van der Waals surface area (Å²) in [5, 5.41) is 15.0. The molecule has 0 bridgehead atoms. The Balaban J connectivity index is 1.42. The first-order valence-electron chi connectivity index (χ1n) is 9.64. The number of piperidine rings is 1. The van der Waals surface area contributed by atoms with Crippen LogP contribution in [-0.4, -0.2) is 34.9 Å². The number of hydrogen-bond donors (Lipinski definition) is 2. The Morgan fingerprint density at radius 1 is 1.23 bits per heavy atom. The number of carbonyl (C=O) groups excluding carboxylic acids is 1. The van der Waals surface area contributed by atoms with Gasteiger partial charge < -0.3 is 14.7 Å². The molecule has 0 spiro atoms. The number of benzene rings is 1. The highest BCUT2D eigenvalue weighted by Gasteiger charge is 2.18. The number of halogens is 2. The maximum Gasteiger partial charge on any atom is 0.261 e. The zero-order valence-corrected chi connectivity index (χ0v) is 17.7. The summed E-state index contributed by atoms with van der Waals surface area (Å²) in [5.74, 6) is 0.0194. The quantitative estimate of drug-likeness (QED) is 0.429. The van der Waals surface area contributed by atoms with Gasteiger partial charge in [-0.05, 0) is 43.5 Å². The van der Waals surface area contributed by atoms with Gasteiger partial charge in [0.05, 0.1) is 15.8 Å². The number of carbonyl (C=O) groups is 1. The van der Waals surface area contributed by atoms with E-state index in [0.717, 1.165) is 25.9 Å². The van der Waals surface area contributed by atoms with Crippen molar-refractivity contribution < 1.29 is 13.7 Å². The van der Waals surface area contributed by atoms with Gasteiger partial charge >= 0.3 is 0 Å². The van der Waals surface area contributed by atoms with Crippen LogP contribution in [0.3, 0.4) is 0 Å². The number of thiophene rings is 1. The van der Waals surface area contributed by atoms with Crippen LogP contribution in [0.4, 0.5) is 4.39 Å². The molecular formula is C21H20ClFN4O2S. The SMILES string of the molecule is N=C(c1ccc(-c2cc(CNC(=O)c3ccc(Cl)s3)on2)c(F)c1)N1CCCCC1. The highest BCUT2D eigenvalue weighted by Crippen LogP contribution is 2.25. The van der Waals surface area contributed by atoms with Crippen molar-refractivity contribution in [3.05, 3.63) is 62.8 Å². The Morgan fingerprint density at radius 3 is 2.73 bits per heavy atom. The molecule has 30 heavy (non-hydrogen) atoms. The number of amidine groups is 1. The van der Waals surface area contributed by atoms with Crippen LogP contribution in [0.25, 0.3) is 11.3 Å². The predicted molar refractivity (Wildman–Crippen MR) is 115 cm³/mol. The van der Waals surface area contributed by atoms with Crippen LogP contribution >= 0.6 is 22.9 Å². The molecular weight excluding hydrogens is 427 g/mol. The van der Waals surface area contributed by atoms with E-state index in [1.807, 2.05) is 4.90 Å². The zero-order valence-electron chi connectivity index (χ0n) is 16.1. The summed E-state index contributed by atoms with van der Waals surface area (Å²) in [6.45, 7) is 1.79. The normalized spacial score (nSPS) is 14.0. The van der Waals surface area contributed by atoms with E-state index in [4.69, 9.17) is 21.5 Å². The molecule has 1 amide bonds. The van der Waals surface area contributed by atoms with Crippen molar-refractivity contribution >= 4 is 34.7 Å². The standard InChI is InChI=1S/C21H20ClFN4O2S/c22-19-7-6-18(30-19)21(28)25-12-14-11-17(26-29-14)15-5-4-13(10-16(15)23)20(24)27-8-2-1-3-9-27/h4-7,10-11,24H,1-3,8-9,12H2,(H,25,28). The smallest absolute Gasteiger partial charge is 0.261 e. The fourth-order valence-corrected chi connectivity index (χ4v) is 4.34. The van der Waals surface area contributed by atoms with E-state index >= 15 is 0 Å². The molecule has 0 radical (unpaired) electrons. The first-order chi connectivity index (χ1) is 14.5. The summed E-state index contributed by atoms with van der Waals surface area (Å²) in [6, 6.07) is 9.60. The van der Waals surface area contributed by atoms with Gasteiger partial charge in [0.25, 0.3) is 5.91 Å². The van der Waals surface area contributed by atoms with Crippen LogP contribution in [0.15, 0.2) is 40.9 Å². The van der Waals surface area contributed by atoms with E-state index in [0.29, 0.717) is 32.1 Å². The fourth-order valence-electron chi connectivity index (χ4n) is 3.38. The van der Waals surface area contributed by atoms with Crippen LogP contribution in [0, 0.1) is 11.2 Å². The molecule has 2 aromatic heterocycles. The van der Waals surface area contributed by atoms with Crippen molar-refractivity contribution in [3.8, 4) is 11.3 Å². The second kappa shape index (κ2) is 8.97. The van der Waals surface area contributed by atoms with E-state index in [9.17, 15) is 9.18 Å². The van der Waals surface area contributed by atoms with Crippen LogP contribution in [-0.2, 0) is 6.54 Å². The van der Waals surface area contributed by atoms with E-state index in [1.165, 1.54) is 23.8 Å². The van der Waals surface area contributed by atoms with Gasteiger partial charge in [-0.1, -0.05) is 22.8 Å². The van der Waals surface area contributed by atoms with Crippen molar-refractivity contribution in [1.82, 2.24) is 15.4 Å². The average molecular weight is 447 g/mol. The first kappa shape index (κ1) is 20.6. The molecule has 0 saturated carbocycles. The molecule has 9 heteroatoms. The molecule has 1 aliphatic rings. The fraction of sp³-hybridized carbons (Fsp3) is 0.286. The third kappa shape index (κ3) is 4.55. The molecule has 3 heterocycles. The first-order valence-corrected chi connectivity index (χ1v) is 10.8. The third-order valence-electron chi connectivity index (χ3n) is 4.97. The topological polar surface area (TPSA) is 82.2 Å². The lowest BCUT2D eigenvalue weighted by atomic mass is 10.0. The molecule has 6 nitrogen and oxygen atoms in total. The molecule has 1 saturated heterocycles. The summed E-state index contributed by atoms with van der Waals surface area (Å²) in [7, 11) is 0. The number of rotatable bonds is 5. The van der Waals surface area contributed by atoms with Crippen molar-refractivity contribution in [1.29, 1.82) is 5.41 Å². The van der Waals surface area contributed by atoms with Crippen molar-refractivity contribution in [3.63, 3.8) is 0 Å². The van der Waals surface area contributed by atoms with E-state index in [1.54, 1.807) is 30.3 Å². The molecule has 2 N–H and O–H groups in total. The number of nitrogens with zero attached hydrogens (tertiary/aromatic N) is 2. The lowest BCUT2D eigenvalue weighted by molar-refractivity contribution is 0.0951. The monoisotopic (exact) mass is 446 g/mol. The largest absolute Gasteiger partial charge is 0.359 e. The molecule has 1 fully saturated rings. The van der Waals surface area contributed by atoms with Crippen molar-refractivity contribution in [2.45, 2.75) is 25.8 Å². The van der Waals surface area contributed by atoms with Crippen LogP contribution < -0.4 is 5.32 Å². The number of likely N-dealkylation sites (tertiary alicyclic amines) is 1. The molecule has 1 aliphatic heterocycles. The van der Waals surface area contributed by atoms with Gasteiger partial charge in [0.2, 0.25) is 0 Å². The summed E-state index contributed by atoms with van der Waals surface area (Å²) < 4.78 is 20.5. The molecule has 3 aromatic rings. The van der Waals surface area contributed by atoms with Crippen LogP contribution in [0.5, 0.6) is 0 Å². The second-order valence-corrected chi connectivity index (χ2v) is 8.77. The molecule has 1 aromatic carbocycles. The van der Waals surface area contributed by atoms with Crippen LogP contribution in [0.2, 0.25) is 4.34 Å². The van der Waals surface area contributed by atoms with Gasteiger partial charge in [-0.25, -0.2) is 4.39 Å². The highest BCUT2D eigenvalue weighted by molar-refractivity contribution is 7.17. The van der Waals surface area contributed by atoms with Crippen molar-refractivity contribution in [2.75, 3.05) is 13.1 Å². The lowest BCUT2D eigenvalue weighted by Crippen LogP contribution is -2.35. The van der Waals surface area contributed by atoms with Crippen LogP contribution in [0.1, 0.15) is 40.3 Å². The van der Waals surface area contributed by atoms with Gasteiger partial charge in [0, 0.05) is 30.3 Å². The minimum absolute atomic E-state index is 0.126. The van der Waals surface area contributed by atoms with Gasteiger partial charge in [-0.2, -0.15) is 0 Å². The van der Waals surface area contributed by atoms with Gasteiger partial charge in [0.15, 0.2) is 5.76 Å². The minimum atomic E-state index is -0.466. The highest BCUT2D eigenvalue weighted by atomic mass is 35.5. The molecule has 0 unspecified atom stereocenters. The predicted octanol–water partition coefficient (Wildman–Crippen LogP) is 4.94. The Labute approximate surface area is 182 Å². The maximum absolute atomic E-state index is 14.7. The molecule has 0 atom stereocenters. The zero-order chi connectivity index (χ0) is 21.1. The molecule has 0 aliphatic carbocycles. The Kier molecular flexibility index (Phi) is 6.15. The Hall–Kier alpha value is -2.71. The lowest BCUT2D eigenvalue weighted by Gasteiger charge is -2.29. The van der Waals surface area contributed by atoms with E-state index in [-0.39, 0.29) is 18.0 Å². The Bertz CT molecular complexity index is 1070. The molecule has 4 rings (SSSR count). The molecule has 156 valence electrons. The summed E-state index contributed by atoms with van der Waals surface area (Å²) in [5.41, 5.74) is 1.17. The number of amides is 1. The minimum Gasteiger partial charge on any atom is -0.359 e. The third-order valence-corrected chi connectivity index (χ3v) is 6.20. The van der Waals surface area contributed by atoms with Gasteiger partial charge in [-0.3, -0.25) is 10.2 Å². The Morgan fingerprint density at radius 2 is 2.03 bits per heavy atom. The second-order valence-electron chi connectivity index (χ2n) is 7.06. The summed E-state index contributed by atoms with van der Waals surface area (Å²) in [6.07, 6.45) is 3.29. The average Bonchev–Trinajstić information content (AvgIpc) is 3.41. The summed E-state index contributed by atoms with van der Waals surface area (Å²) >= 11 is 7.03. The van der Waals surface area contributed by atoms with E-state index < -0.39 is 5.82 Å². The van der Waals surface area contributed by atoms with Gasteiger partial charge in [-0.15, -0.1) is 11.3 Å². The summed E-state index contributed by atoms with van der Waals surface area (Å²) in [4.78, 5) is 14.6. The number of hydrogen-bond acceptors (Lipinski definition) is 5.